The number of pyridine rings is 1. The summed E-state index contributed by atoms with van der Waals surface area (Å²) < 4.78 is 0.914. The number of carbonyl (C=O) groups is 1. The van der Waals surface area contributed by atoms with Gasteiger partial charge in [-0.1, -0.05) is 0 Å². The highest BCUT2D eigenvalue weighted by Crippen LogP contribution is 2.16. The van der Waals surface area contributed by atoms with E-state index < -0.39 is 0 Å². The fourth-order valence-electron chi connectivity index (χ4n) is 1.41. The van der Waals surface area contributed by atoms with Gasteiger partial charge in [0.25, 0.3) is 0 Å². The number of hydrogen-bond donors (Lipinski definition) is 2. The van der Waals surface area contributed by atoms with E-state index in [-0.39, 0.29) is 6.03 Å². The van der Waals surface area contributed by atoms with Crippen LogP contribution in [0.4, 0.5) is 10.6 Å². The molecule has 0 bridgehead atoms. The van der Waals surface area contributed by atoms with Crippen LogP contribution in [0.5, 0.6) is 0 Å². The molecule has 5 nitrogen and oxygen atoms in total. The molecule has 7 heteroatoms. The summed E-state index contributed by atoms with van der Waals surface area (Å²) in [6.07, 6.45) is 0. The van der Waals surface area contributed by atoms with Crippen LogP contribution in [0.3, 0.4) is 0 Å². The Labute approximate surface area is 123 Å². The molecular weight excluding hydrogens is 328 g/mol. The summed E-state index contributed by atoms with van der Waals surface area (Å²) in [5, 5.41) is 8.26. The smallest absolute Gasteiger partial charge is 0.320 e. The number of amides is 2. The SMILES string of the molecule is Cc1csc(CNC(=O)Nc2ccc(Br)c(C)n2)n1. The number of carbonyl (C=O) groups excluding carboxylic acids is 1. The molecule has 0 atom stereocenters. The second kappa shape index (κ2) is 6.12. The number of aromatic nitrogens is 2. The molecule has 0 aliphatic heterocycles. The summed E-state index contributed by atoms with van der Waals surface area (Å²) in [5.41, 5.74) is 1.79. The van der Waals surface area contributed by atoms with E-state index in [4.69, 9.17) is 0 Å². The first-order chi connectivity index (χ1) is 9.04. The largest absolute Gasteiger partial charge is 0.331 e. The molecule has 2 amide bonds. The summed E-state index contributed by atoms with van der Waals surface area (Å²) >= 11 is 4.89. The van der Waals surface area contributed by atoms with Crippen LogP contribution in [0.2, 0.25) is 0 Å². The molecule has 0 saturated heterocycles. The minimum absolute atomic E-state index is 0.290. The summed E-state index contributed by atoms with van der Waals surface area (Å²) in [5.74, 6) is 0.522. The summed E-state index contributed by atoms with van der Waals surface area (Å²) in [7, 11) is 0. The zero-order chi connectivity index (χ0) is 13.8. The van der Waals surface area contributed by atoms with Crippen molar-refractivity contribution in [2.24, 2.45) is 0 Å². The normalized spacial score (nSPS) is 10.3. The Morgan fingerprint density at radius 1 is 1.37 bits per heavy atom. The maximum absolute atomic E-state index is 11.7. The van der Waals surface area contributed by atoms with E-state index in [1.165, 1.54) is 11.3 Å². The van der Waals surface area contributed by atoms with Crippen molar-refractivity contribution < 1.29 is 4.79 Å². The number of rotatable bonds is 3. The topological polar surface area (TPSA) is 66.9 Å². The number of nitrogens with one attached hydrogen (secondary N) is 2. The van der Waals surface area contributed by atoms with Crippen molar-refractivity contribution in [1.29, 1.82) is 0 Å². The molecule has 100 valence electrons. The highest BCUT2D eigenvalue weighted by molar-refractivity contribution is 9.10. The number of anilines is 1. The van der Waals surface area contributed by atoms with Gasteiger partial charge in [-0.25, -0.2) is 14.8 Å². The van der Waals surface area contributed by atoms with E-state index in [1.54, 1.807) is 6.07 Å². The lowest BCUT2D eigenvalue weighted by Gasteiger charge is -2.07. The fourth-order valence-corrected chi connectivity index (χ4v) is 2.35. The molecule has 0 aromatic carbocycles. The number of hydrogen-bond acceptors (Lipinski definition) is 4. The molecule has 2 aromatic rings. The quantitative estimate of drug-likeness (QED) is 0.901. The number of halogens is 1. The van der Waals surface area contributed by atoms with Crippen LogP contribution < -0.4 is 10.6 Å². The van der Waals surface area contributed by atoms with Crippen molar-refractivity contribution in [2.45, 2.75) is 20.4 Å². The second-order valence-corrected chi connectivity index (χ2v) is 5.75. The van der Waals surface area contributed by atoms with Gasteiger partial charge in [0.05, 0.1) is 12.2 Å². The van der Waals surface area contributed by atoms with Crippen molar-refractivity contribution >= 4 is 39.1 Å². The summed E-state index contributed by atoms with van der Waals surface area (Å²) in [6.45, 7) is 4.21. The zero-order valence-electron chi connectivity index (χ0n) is 10.5. The fraction of sp³-hybridized carbons (Fsp3) is 0.250. The van der Waals surface area contributed by atoms with E-state index >= 15 is 0 Å². The first-order valence-corrected chi connectivity index (χ1v) is 7.31. The van der Waals surface area contributed by atoms with Gasteiger partial charge in [-0.15, -0.1) is 11.3 Å². The first kappa shape index (κ1) is 14.0. The van der Waals surface area contributed by atoms with Crippen LogP contribution in [0.15, 0.2) is 22.0 Å². The lowest BCUT2D eigenvalue weighted by Crippen LogP contribution is -2.28. The molecule has 0 aliphatic carbocycles. The molecule has 2 heterocycles. The highest BCUT2D eigenvalue weighted by Gasteiger charge is 2.05. The molecule has 0 unspecified atom stereocenters. The Bertz CT molecular complexity index is 599. The number of urea groups is 1. The molecular formula is C12H13BrN4OS. The first-order valence-electron chi connectivity index (χ1n) is 5.63. The summed E-state index contributed by atoms with van der Waals surface area (Å²) in [6, 6.07) is 3.30. The van der Waals surface area contributed by atoms with Crippen LogP contribution in [-0.2, 0) is 6.54 Å². The van der Waals surface area contributed by atoms with E-state index in [2.05, 4.69) is 36.5 Å². The predicted molar refractivity (Wildman–Crippen MR) is 79.4 cm³/mol. The molecule has 2 aromatic heterocycles. The monoisotopic (exact) mass is 340 g/mol. The van der Waals surface area contributed by atoms with Gasteiger partial charge in [-0.05, 0) is 41.9 Å². The molecule has 0 radical (unpaired) electrons. The average molecular weight is 341 g/mol. The van der Waals surface area contributed by atoms with E-state index in [1.807, 2.05) is 25.3 Å². The van der Waals surface area contributed by atoms with Crippen molar-refractivity contribution in [3.05, 3.63) is 38.4 Å². The Morgan fingerprint density at radius 3 is 2.79 bits per heavy atom. The van der Waals surface area contributed by atoms with Crippen molar-refractivity contribution in [1.82, 2.24) is 15.3 Å². The second-order valence-electron chi connectivity index (χ2n) is 3.95. The van der Waals surface area contributed by atoms with Gasteiger partial charge >= 0.3 is 6.03 Å². The maximum atomic E-state index is 11.7. The van der Waals surface area contributed by atoms with Crippen LogP contribution in [0, 0.1) is 13.8 Å². The van der Waals surface area contributed by atoms with Crippen LogP contribution in [0.1, 0.15) is 16.4 Å². The maximum Gasteiger partial charge on any atom is 0.320 e. The van der Waals surface area contributed by atoms with Gasteiger partial charge in [-0.3, -0.25) is 5.32 Å². The number of aryl methyl sites for hydroxylation is 2. The molecule has 2 rings (SSSR count). The van der Waals surface area contributed by atoms with Crippen LogP contribution in [0.25, 0.3) is 0 Å². The highest BCUT2D eigenvalue weighted by atomic mass is 79.9. The molecule has 0 fully saturated rings. The van der Waals surface area contributed by atoms with Crippen molar-refractivity contribution in [3.63, 3.8) is 0 Å². The number of nitrogens with zero attached hydrogens (tertiary/aromatic N) is 2. The molecule has 19 heavy (non-hydrogen) atoms. The van der Waals surface area contributed by atoms with E-state index in [0.717, 1.165) is 20.9 Å². The van der Waals surface area contributed by atoms with Crippen molar-refractivity contribution in [3.8, 4) is 0 Å². The van der Waals surface area contributed by atoms with Gasteiger partial charge < -0.3 is 5.32 Å². The van der Waals surface area contributed by atoms with Gasteiger partial charge in [-0.2, -0.15) is 0 Å². The number of thiazole rings is 1. The molecule has 0 spiro atoms. The third-order valence-electron chi connectivity index (χ3n) is 2.33. The molecule has 0 aliphatic rings. The van der Waals surface area contributed by atoms with Gasteiger partial charge in [0.15, 0.2) is 0 Å². The van der Waals surface area contributed by atoms with E-state index in [9.17, 15) is 4.79 Å². The Kier molecular flexibility index (Phi) is 4.49. The lowest BCUT2D eigenvalue weighted by molar-refractivity contribution is 0.251. The third-order valence-corrected chi connectivity index (χ3v) is 4.13. The lowest BCUT2D eigenvalue weighted by atomic mass is 10.4. The van der Waals surface area contributed by atoms with Gasteiger partial charge in [0, 0.05) is 15.5 Å². The van der Waals surface area contributed by atoms with E-state index in [0.29, 0.717) is 12.4 Å². The summed E-state index contributed by atoms with van der Waals surface area (Å²) in [4.78, 5) is 20.2. The van der Waals surface area contributed by atoms with Crippen LogP contribution in [-0.4, -0.2) is 16.0 Å². The van der Waals surface area contributed by atoms with Crippen molar-refractivity contribution in [2.75, 3.05) is 5.32 Å². The van der Waals surface area contributed by atoms with Crippen LogP contribution >= 0.6 is 27.3 Å². The molecule has 0 saturated carbocycles. The zero-order valence-corrected chi connectivity index (χ0v) is 12.9. The molecule has 2 N–H and O–H groups in total. The Hall–Kier alpha value is -1.47. The van der Waals surface area contributed by atoms with Gasteiger partial charge in [0.1, 0.15) is 10.8 Å². The third kappa shape index (κ3) is 4.00. The predicted octanol–water partition coefficient (Wildman–Crippen LogP) is 3.24. The van der Waals surface area contributed by atoms with Gasteiger partial charge in [0.2, 0.25) is 0 Å². The Balaban J connectivity index is 1.88. The minimum atomic E-state index is -0.290. The standard InChI is InChI=1S/C12H13BrN4OS/c1-7-6-19-11(15-7)5-14-12(18)17-10-4-3-9(13)8(2)16-10/h3-4,6H,5H2,1-2H3,(H2,14,16,17,18). The Morgan fingerprint density at radius 2 is 2.16 bits per heavy atom. The average Bonchev–Trinajstić information content (AvgIpc) is 2.77. The minimum Gasteiger partial charge on any atom is -0.331 e.